The number of aromatic nitrogens is 3. The van der Waals surface area contributed by atoms with Crippen molar-refractivity contribution in [3.05, 3.63) is 54.1 Å². The van der Waals surface area contributed by atoms with E-state index >= 15 is 0 Å². The molecule has 0 aliphatic rings. The van der Waals surface area contributed by atoms with Crippen molar-refractivity contribution in [2.75, 3.05) is 27.3 Å². The van der Waals surface area contributed by atoms with Crippen LogP contribution < -0.4 is 27.4 Å². The van der Waals surface area contributed by atoms with Crippen LogP contribution in [0.3, 0.4) is 0 Å². The van der Waals surface area contributed by atoms with Gasteiger partial charge in [0, 0.05) is 5.56 Å². The van der Waals surface area contributed by atoms with Gasteiger partial charge in [0.15, 0.2) is 5.76 Å². The largest absolute Gasteiger partial charge is 1.00 e. The van der Waals surface area contributed by atoms with Crippen LogP contribution in [0.15, 0.2) is 51.9 Å². The molecule has 1 unspecified atom stereocenters. The Morgan fingerprint density at radius 3 is 2.39 bits per heavy atom. The summed E-state index contributed by atoms with van der Waals surface area (Å²) in [7, 11) is 0.0664. The lowest BCUT2D eigenvalue weighted by atomic mass is 10.0. The second-order valence-corrected chi connectivity index (χ2v) is 11.0. The van der Waals surface area contributed by atoms with Gasteiger partial charge in [-0.1, -0.05) is 31.2 Å². The monoisotopic (exact) mass is 586 g/mol. The Balaban J connectivity index is 0.00000456. The third-order valence-corrected chi connectivity index (χ3v) is 6.53. The van der Waals surface area contributed by atoms with Crippen molar-refractivity contribution >= 4 is 15.9 Å². The molecule has 1 amide bonds. The normalized spacial score (nSPS) is 12.9. The first-order valence-corrected chi connectivity index (χ1v) is 12.7. The summed E-state index contributed by atoms with van der Waals surface area (Å²) in [6, 6.07) is 8.98. The number of hydrogen-bond donors (Lipinski definition) is 2. The molecule has 0 spiro atoms. The van der Waals surface area contributed by atoms with Gasteiger partial charge in [-0.25, -0.2) is 22.6 Å². The molecule has 2 aromatic heterocycles. The van der Waals surface area contributed by atoms with Crippen LogP contribution in [0, 0.1) is 5.92 Å². The van der Waals surface area contributed by atoms with Crippen molar-refractivity contribution < 1.29 is 43.5 Å². The van der Waals surface area contributed by atoms with Crippen LogP contribution >= 0.6 is 0 Å². The zero-order valence-electron chi connectivity index (χ0n) is 20.7. The Kier molecular flexibility index (Phi) is 9.94. The molecular weight excluding hydrogens is 555 g/mol. The van der Waals surface area contributed by atoms with Gasteiger partial charge in [0.1, 0.15) is 37.3 Å². The number of carbonyl (C=O) groups is 1. The van der Waals surface area contributed by atoms with E-state index in [2.05, 4.69) is 15.6 Å². The van der Waals surface area contributed by atoms with E-state index in [-0.39, 0.29) is 40.2 Å². The molecule has 0 saturated heterocycles. The highest BCUT2D eigenvalue weighted by Crippen LogP contribution is 2.23. The molecule has 0 fully saturated rings. The summed E-state index contributed by atoms with van der Waals surface area (Å²) in [4.78, 5) is 13.0. The van der Waals surface area contributed by atoms with Gasteiger partial charge in [-0.15, -0.1) is 5.10 Å². The van der Waals surface area contributed by atoms with Crippen molar-refractivity contribution in [3.8, 4) is 11.3 Å². The van der Waals surface area contributed by atoms with E-state index in [0.717, 1.165) is 5.76 Å². The smallest absolute Gasteiger partial charge is 0.245 e. The number of nitrogens with two attached hydrogens (primary N) is 1. The van der Waals surface area contributed by atoms with Crippen molar-refractivity contribution in [2.24, 2.45) is 11.1 Å². The third kappa shape index (κ3) is 7.69. The van der Waals surface area contributed by atoms with Gasteiger partial charge in [0.2, 0.25) is 15.9 Å². The maximum atomic E-state index is 13.0. The molecule has 1 aromatic carbocycles. The zero-order chi connectivity index (χ0) is 25.8. The molecule has 0 aliphatic heterocycles. The predicted octanol–water partition coefficient (Wildman–Crippen LogP) is -0.751. The first kappa shape index (κ1) is 29.6. The molecule has 2 heterocycles. The van der Waals surface area contributed by atoms with E-state index < -0.39 is 22.7 Å². The van der Waals surface area contributed by atoms with Gasteiger partial charge in [-0.05, 0) is 30.2 Å². The Morgan fingerprint density at radius 2 is 1.81 bits per heavy atom. The van der Waals surface area contributed by atoms with Gasteiger partial charge in [-0.3, -0.25) is 4.79 Å². The molecule has 36 heavy (non-hydrogen) atoms. The van der Waals surface area contributed by atoms with Gasteiger partial charge in [0.25, 0.3) is 0 Å². The Hall–Kier alpha value is -2.61. The molecule has 0 saturated carbocycles. The number of amides is 1. The average molecular weight is 588 g/mol. The van der Waals surface area contributed by atoms with E-state index in [1.807, 2.05) is 34.0 Å². The number of rotatable bonds is 11. The quantitative estimate of drug-likeness (QED) is 0.284. The number of halogens is 2. The highest BCUT2D eigenvalue weighted by atomic mass is 79.9. The minimum Gasteiger partial charge on any atom is -1.00 e. The number of furan rings is 1. The van der Waals surface area contributed by atoms with E-state index in [1.54, 1.807) is 24.4 Å². The molecule has 0 bridgehead atoms. The van der Waals surface area contributed by atoms with Crippen LogP contribution in [0.25, 0.3) is 11.3 Å². The average Bonchev–Trinajstić information content (AvgIpc) is 3.41. The lowest BCUT2D eigenvalue weighted by Gasteiger charge is -2.27. The number of primary sulfonamides is 1. The lowest BCUT2D eigenvalue weighted by molar-refractivity contribution is -0.904. The van der Waals surface area contributed by atoms with Crippen LogP contribution in [-0.2, 0) is 27.9 Å². The summed E-state index contributed by atoms with van der Waals surface area (Å²) in [6.07, 6.45) is 1.64. The summed E-state index contributed by atoms with van der Waals surface area (Å²) in [5.41, 5.74) is 1.14. The second-order valence-electron chi connectivity index (χ2n) is 9.43. The highest BCUT2D eigenvalue weighted by molar-refractivity contribution is 7.89. The molecule has 0 radical (unpaired) electrons. The number of alkyl halides is 1. The van der Waals surface area contributed by atoms with Crippen molar-refractivity contribution in [3.63, 3.8) is 0 Å². The van der Waals surface area contributed by atoms with E-state index in [4.69, 9.17) is 9.56 Å². The fraction of sp³-hybridized carbons (Fsp3) is 0.435. The fourth-order valence-electron chi connectivity index (χ4n) is 3.70. The van der Waals surface area contributed by atoms with E-state index in [0.29, 0.717) is 34.6 Å². The highest BCUT2D eigenvalue weighted by Gasteiger charge is 2.26. The van der Waals surface area contributed by atoms with Gasteiger partial charge in [-0.2, -0.15) is 0 Å². The molecule has 1 atom stereocenters. The number of quaternary nitrogens is 1. The van der Waals surface area contributed by atoms with Crippen LogP contribution in [0.2, 0.25) is 0 Å². The van der Waals surface area contributed by atoms with E-state index in [1.165, 1.54) is 16.8 Å². The van der Waals surface area contributed by atoms with Crippen molar-refractivity contribution in [1.82, 2.24) is 20.3 Å². The van der Waals surface area contributed by atoms with E-state index in [9.17, 15) is 17.6 Å². The van der Waals surface area contributed by atoms with Crippen molar-refractivity contribution in [2.45, 2.75) is 37.9 Å². The topological polar surface area (TPSA) is 133 Å². The molecular formula is C23H32BrFN6O4S. The molecule has 3 aromatic rings. The predicted molar refractivity (Wildman–Crippen MR) is 128 cm³/mol. The minimum atomic E-state index is -3.79. The lowest BCUT2D eigenvalue weighted by Crippen LogP contribution is -3.00. The molecule has 13 heteroatoms. The summed E-state index contributed by atoms with van der Waals surface area (Å²) < 4.78 is 43.4. The van der Waals surface area contributed by atoms with Gasteiger partial charge >= 0.3 is 0 Å². The van der Waals surface area contributed by atoms with Crippen molar-refractivity contribution in [1.29, 1.82) is 0 Å². The Morgan fingerprint density at radius 1 is 1.17 bits per heavy atom. The summed E-state index contributed by atoms with van der Waals surface area (Å²) in [6.45, 7) is 4.55. The maximum absolute atomic E-state index is 13.0. The number of benzene rings is 1. The summed E-state index contributed by atoms with van der Waals surface area (Å²) >= 11 is 0. The van der Waals surface area contributed by atoms with Crippen LogP contribution in [-0.4, -0.2) is 61.1 Å². The zero-order valence-corrected chi connectivity index (χ0v) is 23.1. The number of hydrogen-bond acceptors (Lipinski definition) is 6. The third-order valence-electron chi connectivity index (χ3n) is 5.60. The van der Waals surface area contributed by atoms with Crippen LogP contribution in [0.4, 0.5) is 4.39 Å². The Bertz CT molecular complexity index is 1260. The van der Waals surface area contributed by atoms with Crippen LogP contribution in [0.1, 0.15) is 31.4 Å². The first-order valence-electron chi connectivity index (χ1n) is 11.2. The number of nitrogens with zero attached hydrogens (tertiary/aromatic N) is 4. The molecule has 0 aliphatic carbocycles. The first-order chi connectivity index (χ1) is 16.4. The SMILES string of the molecule is CC(C)C(C(=O)NCc1ccc(C[N+](C)(C)CCF)o1)n1cc(-c2ccc(S(N)(=O)=O)cc2)nn1.[Br-]. The standard InChI is InChI=1S/C23H31FN6O4S.BrH/c1-16(2)22(23(31)26-13-18-7-8-19(34-18)15-30(3,4)12-11-24)29-14-21(27-28-29)17-5-9-20(10-6-17)35(25,32)33;/h5-10,14,16,22H,11-13,15H2,1-4H3,(H2-,25,26,31,32,33);1H. The molecule has 3 rings (SSSR count). The number of sulfonamides is 1. The fourth-order valence-corrected chi connectivity index (χ4v) is 4.21. The second kappa shape index (κ2) is 12.1. The molecule has 3 N–H and O–H groups in total. The molecule has 198 valence electrons. The number of nitrogens with one attached hydrogen (secondary N) is 1. The Labute approximate surface area is 221 Å². The molecule has 10 nitrogen and oxygen atoms in total. The van der Waals surface area contributed by atoms with Gasteiger partial charge < -0.3 is 31.2 Å². The van der Waals surface area contributed by atoms with Gasteiger partial charge in [0.05, 0.1) is 31.7 Å². The van der Waals surface area contributed by atoms with Crippen LogP contribution in [0.5, 0.6) is 0 Å². The maximum Gasteiger partial charge on any atom is 0.245 e. The summed E-state index contributed by atoms with van der Waals surface area (Å²) in [5, 5.41) is 16.3. The summed E-state index contributed by atoms with van der Waals surface area (Å²) in [5.74, 6) is 1.00. The number of carbonyl (C=O) groups excluding carboxylic acids is 1. The minimum absolute atomic E-state index is 0.